The van der Waals surface area contributed by atoms with Gasteiger partial charge in [-0.2, -0.15) is 0 Å². The van der Waals surface area contributed by atoms with E-state index >= 15 is 0 Å². The molecule has 0 fully saturated rings. The number of carbonyl (C=O) groups is 1. The van der Waals surface area contributed by atoms with Crippen LogP contribution in [0.5, 0.6) is 0 Å². The van der Waals surface area contributed by atoms with Crippen molar-refractivity contribution < 1.29 is 23.4 Å². The Bertz CT molecular complexity index is 791. The Hall–Kier alpha value is -2.58. The summed E-state index contributed by atoms with van der Waals surface area (Å²) in [7, 11) is -3.99. The van der Waals surface area contributed by atoms with E-state index in [2.05, 4.69) is 10.0 Å². The predicted molar refractivity (Wildman–Crippen MR) is 86.2 cm³/mol. The van der Waals surface area contributed by atoms with Gasteiger partial charge in [0.05, 0.1) is 17.9 Å². The molecule has 4 N–H and O–H groups in total. The first-order valence-corrected chi connectivity index (χ1v) is 8.22. The van der Waals surface area contributed by atoms with Crippen LogP contribution in [-0.4, -0.2) is 37.8 Å². The fourth-order valence-corrected chi connectivity index (χ4v) is 3.20. The Kier molecular flexibility index (Phi) is 5.20. The maximum atomic E-state index is 12.6. The van der Waals surface area contributed by atoms with Crippen molar-refractivity contribution >= 4 is 27.4 Å². The lowest BCUT2D eigenvalue weighted by atomic mass is 10.2. The average Bonchev–Trinajstić information content (AvgIpc) is 2.53. The van der Waals surface area contributed by atoms with E-state index in [1.165, 1.54) is 12.1 Å². The van der Waals surface area contributed by atoms with Crippen molar-refractivity contribution in [2.24, 2.45) is 0 Å². The fraction of sp³-hybridized carbons (Fsp3) is 0.133. The molecule has 0 heterocycles. The number of hydrogen-bond acceptors (Lipinski definition) is 5. The molecule has 122 valence electrons. The molecule has 23 heavy (non-hydrogen) atoms. The minimum absolute atomic E-state index is 0.139. The van der Waals surface area contributed by atoms with E-state index in [0.29, 0.717) is 5.69 Å². The zero-order valence-corrected chi connectivity index (χ0v) is 12.9. The summed E-state index contributed by atoms with van der Waals surface area (Å²) in [4.78, 5) is 10.9. The third kappa shape index (κ3) is 4.21. The van der Waals surface area contributed by atoms with Crippen molar-refractivity contribution in [3.63, 3.8) is 0 Å². The number of aliphatic hydroxyl groups excluding tert-OH is 1. The van der Waals surface area contributed by atoms with Gasteiger partial charge in [0.15, 0.2) is 0 Å². The molecule has 0 amide bonds. The van der Waals surface area contributed by atoms with Gasteiger partial charge in [-0.1, -0.05) is 18.2 Å². The van der Waals surface area contributed by atoms with Crippen LogP contribution in [0.25, 0.3) is 0 Å². The van der Waals surface area contributed by atoms with Gasteiger partial charge in [0, 0.05) is 12.2 Å². The highest BCUT2D eigenvalue weighted by atomic mass is 32.2. The van der Waals surface area contributed by atoms with Gasteiger partial charge in [0.25, 0.3) is 10.0 Å². The van der Waals surface area contributed by atoms with Crippen LogP contribution >= 0.6 is 0 Å². The molecule has 2 aromatic carbocycles. The second-order valence-electron chi connectivity index (χ2n) is 4.64. The maximum Gasteiger partial charge on any atom is 0.335 e. The Morgan fingerprint density at radius 3 is 2.39 bits per heavy atom. The normalized spacial score (nSPS) is 11.0. The lowest BCUT2D eigenvalue weighted by Crippen LogP contribution is -2.17. The van der Waals surface area contributed by atoms with E-state index in [4.69, 9.17) is 10.2 Å². The van der Waals surface area contributed by atoms with Gasteiger partial charge in [0.1, 0.15) is 4.90 Å². The van der Waals surface area contributed by atoms with E-state index in [9.17, 15) is 13.2 Å². The molecule has 0 radical (unpaired) electrons. The number of carboxylic acids is 1. The first-order chi connectivity index (χ1) is 10.9. The molecule has 7 nitrogen and oxygen atoms in total. The number of nitrogens with one attached hydrogen (secondary N) is 2. The van der Waals surface area contributed by atoms with Crippen LogP contribution in [0.1, 0.15) is 10.4 Å². The number of aromatic carboxylic acids is 1. The summed E-state index contributed by atoms with van der Waals surface area (Å²) in [6.45, 7) is -0.0490. The Labute approximate surface area is 133 Å². The molecule has 0 spiro atoms. The van der Waals surface area contributed by atoms with E-state index in [0.717, 1.165) is 6.07 Å². The van der Waals surface area contributed by atoms with E-state index in [1.807, 2.05) is 0 Å². The summed E-state index contributed by atoms with van der Waals surface area (Å²) in [6, 6.07) is 12.0. The van der Waals surface area contributed by atoms with Gasteiger partial charge in [0.2, 0.25) is 0 Å². The molecule has 0 unspecified atom stereocenters. The van der Waals surface area contributed by atoms with E-state index in [1.54, 1.807) is 30.3 Å². The summed E-state index contributed by atoms with van der Waals surface area (Å²) in [5.74, 6) is -1.23. The SMILES string of the molecule is O=C(O)c1ccc(NCCO)c(S(=O)(=O)Nc2ccccc2)c1. The van der Waals surface area contributed by atoms with Crippen LogP contribution < -0.4 is 10.0 Å². The third-order valence-electron chi connectivity index (χ3n) is 2.97. The van der Waals surface area contributed by atoms with Crippen LogP contribution in [0.15, 0.2) is 53.4 Å². The standard InChI is InChI=1S/C15H16N2O5S/c18-9-8-16-13-7-6-11(15(19)20)10-14(13)23(21,22)17-12-4-2-1-3-5-12/h1-7,10,16-18H,8-9H2,(H,19,20). The van der Waals surface area contributed by atoms with Crippen molar-refractivity contribution in [3.05, 3.63) is 54.1 Å². The minimum Gasteiger partial charge on any atom is -0.478 e. The smallest absolute Gasteiger partial charge is 0.335 e. The summed E-state index contributed by atoms with van der Waals surface area (Å²) >= 11 is 0. The lowest BCUT2D eigenvalue weighted by molar-refractivity contribution is 0.0696. The molecule has 0 saturated heterocycles. The van der Waals surface area contributed by atoms with E-state index in [-0.39, 0.29) is 29.3 Å². The van der Waals surface area contributed by atoms with Crippen molar-refractivity contribution in [2.75, 3.05) is 23.2 Å². The molecular formula is C15H16N2O5S. The summed E-state index contributed by atoms with van der Waals surface area (Å²) in [6.07, 6.45) is 0. The summed E-state index contributed by atoms with van der Waals surface area (Å²) in [5.41, 5.74) is 0.432. The van der Waals surface area contributed by atoms with Gasteiger partial charge in [-0.3, -0.25) is 4.72 Å². The zero-order chi connectivity index (χ0) is 16.9. The van der Waals surface area contributed by atoms with Gasteiger partial charge in [-0.05, 0) is 30.3 Å². The maximum absolute atomic E-state index is 12.6. The molecule has 0 saturated carbocycles. The first kappa shape index (κ1) is 16.8. The summed E-state index contributed by atoms with van der Waals surface area (Å²) in [5, 5.41) is 20.7. The van der Waals surface area contributed by atoms with Crippen molar-refractivity contribution in [1.29, 1.82) is 0 Å². The molecule has 0 aromatic heterocycles. The Morgan fingerprint density at radius 2 is 1.78 bits per heavy atom. The Balaban J connectivity index is 2.44. The number of hydrogen-bond donors (Lipinski definition) is 4. The van der Waals surface area contributed by atoms with Gasteiger partial charge in [-0.25, -0.2) is 13.2 Å². The second-order valence-corrected chi connectivity index (χ2v) is 6.29. The number of rotatable bonds is 7. The molecule has 8 heteroatoms. The molecule has 0 atom stereocenters. The highest BCUT2D eigenvalue weighted by Crippen LogP contribution is 2.25. The van der Waals surface area contributed by atoms with E-state index < -0.39 is 16.0 Å². The number of anilines is 2. The Morgan fingerprint density at radius 1 is 1.09 bits per heavy atom. The number of aliphatic hydroxyl groups is 1. The molecule has 0 bridgehead atoms. The molecule has 2 rings (SSSR count). The van der Waals surface area contributed by atoms with Crippen LogP contribution in [0.4, 0.5) is 11.4 Å². The highest BCUT2D eigenvalue weighted by Gasteiger charge is 2.21. The quantitative estimate of drug-likeness (QED) is 0.610. The first-order valence-electron chi connectivity index (χ1n) is 6.74. The topological polar surface area (TPSA) is 116 Å². The van der Waals surface area contributed by atoms with Gasteiger partial charge < -0.3 is 15.5 Å². The van der Waals surface area contributed by atoms with Crippen LogP contribution in [-0.2, 0) is 10.0 Å². The highest BCUT2D eigenvalue weighted by molar-refractivity contribution is 7.92. The number of carboxylic acid groups (broad SMARTS) is 1. The van der Waals surface area contributed by atoms with Gasteiger partial charge >= 0.3 is 5.97 Å². The minimum atomic E-state index is -3.99. The summed E-state index contributed by atoms with van der Waals surface area (Å²) < 4.78 is 27.5. The lowest BCUT2D eigenvalue weighted by Gasteiger charge is -2.14. The van der Waals surface area contributed by atoms with Crippen LogP contribution in [0.2, 0.25) is 0 Å². The molecule has 0 aliphatic rings. The largest absolute Gasteiger partial charge is 0.478 e. The molecular weight excluding hydrogens is 320 g/mol. The van der Waals surface area contributed by atoms with Crippen LogP contribution in [0.3, 0.4) is 0 Å². The number of benzene rings is 2. The fourth-order valence-electron chi connectivity index (χ4n) is 1.93. The van der Waals surface area contributed by atoms with Crippen LogP contribution in [0, 0.1) is 0 Å². The number of para-hydroxylation sites is 1. The molecule has 0 aliphatic heterocycles. The van der Waals surface area contributed by atoms with Crippen molar-refractivity contribution in [2.45, 2.75) is 4.90 Å². The predicted octanol–water partition coefficient (Wildman–Crippen LogP) is 1.59. The zero-order valence-electron chi connectivity index (χ0n) is 12.1. The molecule has 0 aliphatic carbocycles. The molecule has 2 aromatic rings. The second kappa shape index (κ2) is 7.12. The third-order valence-corrected chi connectivity index (χ3v) is 4.39. The van der Waals surface area contributed by atoms with Crippen molar-refractivity contribution in [3.8, 4) is 0 Å². The van der Waals surface area contributed by atoms with Gasteiger partial charge in [-0.15, -0.1) is 0 Å². The number of sulfonamides is 1. The monoisotopic (exact) mass is 336 g/mol. The van der Waals surface area contributed by atoms with Crippen molar-refractivity contribution in [1.82, 2.24) is 0 Å². The average molecular weight is 336 g/mol.